The summed E-state index contributed by atoms with van der Waals surface area (Å²) < 4.78 is 16.7. The van der Waals surface area contributed by atoms with E-state index in [9.17, 15) is 0 Å². The first-order valence-corrected chi connectivity index (χ1v) is 7.07. The van der Waals surface area contributed by atoms with Gasteiger partial charge in [0.2, 0.25) is 0 Å². The van der Waals surface area contributed by atoms with E-state index in [1.807, 2.05) is 32.0 Å². The van der Waals surface area contributed by atoms with E-state index in [0.717, 1.165) is 22.4 Å². The Morgan fingerprint density at radius 2 is 1.36 bits per heavy atom. The highest BCUT2D eigenvalue weighted by molar-refractivity contribution is 5.84. The van der Waals surface area contributed by atoms with E-state index in [-0.39, 0.29) is 0 Å². The molecule has 0 aliphatic rings. The van der Waals surface area contributed by atoms with Crippen LogP contribution in [0.25, 0.3) is 11.1 Å². The Hall–Kier alpha value is -2.56. The zero-order chi connectivity index (χ0) is 16.3. The van der Waals surface area contributed by atoms with Crippen LogP contribution in [-0.4, -0.2) is 20.8 Å². The molecular formula is C17H22N2O3. The first kappa shape index (κ1) is 15.8. The molecule has 0 unspecified atom stereocenters. The van der Waals surface area contributed by atoms with E-state index in [0.29, 0.717) is 29.5 Å². The van der Waals surface area contributed by atoms with Gasteiger partial charge in [-0.25, -0.2) is 0 Å². The number of ether oxygens (including phenoxy) is 3. The predicted octanol–water partition coefficient (Wildman–Crippen LogP) is 3.24. The lowest BCUT2D eigenvalue weighted by Crippen LogP contribution is -2.02. The fourth-order valence-corrected chi connectivity index (χ4v) is 2.45. The summed E-state index contributed by atoms with van der Waals surface area (Å²) in [5.74, 6) is 1.83. The number of nitrogen functional groups attached to an aromatic ring is 2. The molecule has 2 aromatic carbocycles. The van der Waals surface area contributed by atoms with E-state index in [1.165, 1.54) is 0 Å². The number of nitrogens with two attached hydrogens (primary N) is 2. The molecule has 2 rings (SSSR count). The lowest BCUT2D eigenvalue weighted by Gasteiger charge is -2.19. The molecule has 118 valence electrons. The summed E-state index contributed by atoms with van der Waals surface area (Å²) in [6, 6.07) is 7.46. The van der Waals surface area contributed by atoms with Gasteiger partial charge in [-0.15, -0.1) is 0 Å². The Morgan fingerprint density at radius 1 is 0.818 bits per heavy atom. The van der Waals surface area contributed by atoms with Crippen molar-refractivity contribution in [3.05, 3.63) is 29.8 Å². The summed E-state index contributed by atoms with van der Waals surface area (Å²) in [6.45, 7) is 4.42. The van der Waals surface area contributed by atoms with Gasteiger partial charge in [-0.05, 0) is 38.1 Å². The minimum absolute atomic E-state index is 0.511. The first-order chi connectivity index (χ1) is 10.5. The molecule has 2 aromatic rings. The predicted molar refractivity (Wildman–Crippen MR) is 89.7 cm³/mol. The third-order valence-corrected chi connectivity index (χ3v) is 3.58. The standard InChI is InChI=1S/C17H22N2O3/c1-5-22-15-10(2)13(18)8-6-11(15)12-7-9-14(19)17(21-4)16(12)20-3/h6-9H,5,18-19H2,1-4H3. The largest absolute Gasteiger partial charge is 0.493 e. The van der Waals surface area contributed by atoms with E-state index in [1.54, 1.807) is 20.3 Å². The average molecular weight is 302 g/mol. The van der Waals surface area contributed by atoms with Crippen LogP contribution in [0.3, 0.4) is 0 Å². The number of anilines is 2. The summed E-state index contributed by atoms with van der Waals surface area (Å²) in [7, 11) is 3.15. The minimum Gasteiger partial charge on any atom is -0.493 e. The normalized spacial score (nSPS) is 10.4. The van der Waals surface area contributed by atoms with E-state index in [2.05, 4.69) is 0 Å². The number of methoxy groups -OCH3 is 2. The minimum atomic E-state index is 0.511. The van der Waals surface area contributed by atoms with Crippen LogP contribution in [0.15, 0.2) is 24.3 Å². The van der Waals surface area contributed by atoms with Crippen LogP contribution in [0.5, 0.6) is 17.2 Å². The number of hydrogen-bond acceptors (Lipinski definition) is 5. The van der Waals surface area contributed by atoms with E-state index in [4.69, 9.17) is 25.7 Å². The van der Waals surface area contributed by atoms with Gasteiger partial charge >= 0.3 is 0 Å². The molecule has 5 heteroatoms. The lowest BCUT2D eigenvalue weighted by molar-refractivity contribution is 0.338. The maximum Gasteiger partial charge on any atom is 0.184 e. The third kappa shape index (κ3) is 2.62. The van der Waals surface area contributed by atoms with Crippen molar-refractivity contribution in [3.63, 3.8) is 0 Å². The Morgan fingerprint density at radius 3 is 1.91 bits per heavy atom. The van der Waals surface area contributed by atoms with Crippen LogP contribution in [0.1, 0.15) is 12.5 Å². The highest BCUT2D eigenvalue weighted by Crippen LogP contribution is 2.46. The molecule has 0 heterocycles. The molecule has 0 spiro atoms. The molecule has 0 aliphatic heterocycles. The van der Waals surface area contributed by atoms with Crippen molar-refractivity contribution >= 4 is 11.4 Å². The second-order valence-corrected chi connectivity index (χ2v) is 4.86. The van der Waals surface area contributed by atoms with Crippen LogP contribution in [0.2, 0.25) is 0 Å². The van der Waals surface area contributed by atoms with Crippen molar-refractivity contribution < 1.29 is 14.2 Å². The molecule has 0 radical (unpaired) electrons. The molecule has 22 heavy (non-hydrogen) atoms. The second kappa shape index (κ2) is 6.47. The average Bonchev–Trinajstić information content (AvgIpc) is 2.52. The molecule has 5 nitrogen and oxygen atoms in total. The Balaban J connectivity index is 2.74. The van der Waals surface area contributed by atoms with Crippen molar-refractivity contribution in [1.29, 1.82) is 0 Å². The third-order valence-electron chi connectivity index (χ3n) is 3.58. The molecule has 0 aliphatic carbocycles. The molecule has 4 N–H and O–H groups in total. The number of benzene rings is 2. The van der Waals surface area contributed by atoms with E-state index >= 15 is 0 Å². The summed E-state index contributed by atoms with van der Waals surface area (Å²) in [5.41, 5.74) is 15.8. The van der Waals surface area contributed by atoms with Crippen LogP contribution in [-0.2, 0) is 0 Å². The van der Waals surface area contributed by atoms with Gasteiger partial charge in [0.1, 0.15) is 5.75 Å². The summed E-state index contributed by atoms with van der Waals surface area (Å²) >= 11 is 0. The molecule has 0 saturated heterocycles. The Labute approximate surface area is 130 Å². The summed E-state index contributed by atoms with van der Waals surface area (Å²) in [6.07, 6.45) is 0. The Bertz CT molecular complexity index is 684. The number of rotatable bonds is 5. The maximum atomic E-state index is 5.99. The molecule has 0 atom stereocenters. The van der Waals surface area contributed by atoms with Gasteiger partial charge in [0.25, 0.3) is 0 Å². The highest BCUT2D eigenvalue weighted by Gasteiger charge is 2.19. The SMILES string of the molecule is CCOc1c(-c2ccc(N)c(OC)c2OC)ccc(N)c1C. The zero-order valence-electron chi connectivity index (χ0n) is 13.4. The van der Waals surface area contributed by atoms with Crippen molar-refractivity contribution in [3.8, 4) is 28.4 Å². The maximum absolute atomic E-state index is 5.99. The second-order valence-electron chi connectivity index (χ2n) is 4.86. The molecule has 0 saturated carbocycles. The molecule has 0 fully saturated rings. The van der Waals surface area contributed by atoms with Gasteiger partial charge in [0.15, 0.2) is 11.5 Å². The monoisotopic (exact) mass is 302 g/mol. The van der Waals surface area contributed by atoms with Crippen LogP contribution < -0.4 is 25.7 Å². The highest BCUT2D eigenvalue weighted by atomic mass is 16.5. The molecule has 0 aromatic heterocycles. The smallest absolute Gasteiger partial charge is 0.184 e. The molecular weight excluding hydrogens is 280 g/mol. The fourth-order valence-electron chi connectivity index (χ4n) is 2.45. The van der Waals surface area contributed by atoms with Gasteiger partial charge in [-0.2, -0.15) is 0 Å². The van der Waals surface area contributed by atoms with Gasteiger partial charge in [-0.3, -0.25) is 0 Å². The van der Waals surface area contributed by atoms with Crippen LogP contribution in [0, 0.1) is 6.92 Å². The zero-order valence-corrected chi connectivity index (χ0v) is 13.4. The fraction of sp³-hybridized carbons (Fsp3) is 0.294. The molecule has 0 amide bonds. The van der Waals surface area contributed by atoms with Crippen molar-refractivity contribution in [2.24, 2.45) is 0 Å². The first-order valence-electron chi connectivity index (χ1n) is 7.07. The molecule has 0 bridgehead atoms. The van der Waals surface area contributed by atoms with Gasteiger partial charge < -0.3 is 25.7 Å². The van der Waals surface area contributed by atoms with Gasteiger partial charge in [0.05, 0.1) is 26.5 Å². The lowest BCUT2D eigenvalue weighted by atomic mass is 9.99. The van der Waals surface area contributed by atoms with Gasteiger partial charge in [-0.1, -0.05) is 0 Å². The number of hydrogen-bond donors (Lipinski definition) is 2. The van der Waals surface area contributed by atoms with E-state index < -0.39 is 0 Å². The van der Waals surface area contributed by atoms with Crippen molar-refractivity contribution in [2.45, 2.75) is 13.8 Å². The van der Waals surface area contributed by atoms with Gasteiger partial charge in [0, 0.05) is 22.4 Å². The quantitative estimate of drug-likeness (QED) is 0.829. The Kier molecular flexibility index (Phi) is 4.65. The van der Waals surface area contributed by atoms with Crippen molar-refractivity contribution in [1.82, 2.24) is 0 Å². The van der Waals surface area contributed by atoms with Crippen LogP contribution in [0.4, 0.5) is 11.4 Å². The summed E-state index contributed by atoms with van der Waals surface area (Å²) in [5, 5.41) is 0. The van der Waals surface area contributed by atoms with Crippen molar-refractivity contribution in [2.75, 3.05) is 32.3 Å². The van der Waals surface area contributed by atoms with Crippen LogP contribution >= 0.6 is 0 Å². The summed E-state index contributed by atoms with van der Waals surface area (Å²) in [4.78, 5) is 0. The topological polar surface area (TPSA) is 79.7 Å².